The Morgan fingerprint density at radius 1 is 0.750 bits per heavy atom. The average molecular weight is 376 g/mol. The number of rotatable bonds is 7. The van der Waals surface area contributed by atoms with E-state index >= 15 is 0 Å². The quantitative estimate of drug-likeness (QED) is 0.660. The van der Waals surface area contributed by atoms with Crippen molar-refractivity contribution >= 4 is 11.8 Å². The molecule has 0 aromatic heterocycles. The van der Waals surface area contributed by atoms with Crippen molar-refractivity contribution < 1.29 is 14.0 Å². The number of nitrogens with one attached hydrogen (secondary N) is 2. The number of halogens is 1. The first kappa shape index (κ1) is 19.3. The van der Waals surface area contributed by atoms with Gasteiger partial charge in [0.2, 0.25) is 0 Å². The molecule has 142 valence electrons. The second-order valence-electron chi connectivity index (χ2n) is 6.35. The summed E-state index contributed by atoms with van der Waals surface area (Å²) < 4.78 is 13.6. The molecule has 3 rings (SSSR count). The van der Waals surface area contributed by atoms with Crippen LogP contribution in [0.4, 0.5) is 4.39 Å². The molecule has 3 aromatic rings. The molecule has 5 heteroatoms. The lowest BCUT2D eigenvalue weighted by atomic mass is 10.1. The van der Waals surface area contributed by atoms with E-state index in [4.69, 9.17) is 0 Å². The van der Waals surface area contributed by atoms with Gasteiger partial charge in [0.25, 0.3) is 11.8 Å². The fourth-order valence-corrected chi connectivity index (χ4v) is 2.80. The molecule has 28 heavy (non-hydrogen) atoms. The molecule has 3 aromatic carbocycles. The Morgan fingerprint density at radius 2 is 1.39 bits per heavy atom. The SMILES string of the molecule is O=C(NCCc1ccccc1F)c1cccc(C(=O)NCc2ccccc2)c1. The van der Waals surface area contributed by atoms with Crippen LogP contribution in [0.1, 0.15) is 31.8 Å². The Labute approximate surface area is 163 Å². The minimum Gasteiger partial charge on any atom is -0.352 e. The highest BCUT2D eigenvalue weighted by Gasteiger charge is 2.10. The van der Waals surface area contributed by atoms with Crippen molar-refractivity contribution in [2.24, 2.45) is 0 Å². The van der Waals surface area contributed by atoms with E-state index in [1.165, 1.54) is 6.07 Å². The van der Waals surface area contributed by atoms with E-state index in [-0.39, 0.29) is 17.6 Å². The van der Waals surface area contributed by atoms with Crippen LogP contribution >= 0.6 is 0 Å². The van der Waals surface area contributed by atoms with Crippen molar-refractivity contribution in [2.75, 3.05) is 6.54 Å². The Kier molecular flexibility index (Phi) is 6.52. The van der Waals surface area contributed by atoms with Gasteiger partial charge in [-0.05, 0) is 41.8 Å². The van der Waals surface area contributed by atoms with Gasteiger partial charge in [-0.3, -0.25) is 9.59 Å². The van der Waals surface area contributed by atoms with Crippen LogP contribution in [0.3, 0.4) is 0 Å². The van der Waals surface area contributed by atoms with Gasteiger partial charge in [-0.15, -0.1) is 0 Å². The number of benzene rings is 3. The highest BCUT2D eigenvalue weighted by Crippen LogP contribution is 2.08. The summed E-state index contributed by atoms with van der Waals surface area (Å²) >= 11 is 0. The largest absolute Gasteiger partial charge is 0.352 e. The summed E-state index contributed by atoms with van der Waals surface area (Å²) in [5, 5.41) is 5.60. The first-order valence-electron chi connectivity index (χ1n) is 9.07. The Hall–Kier alpha value is -3.47. The van der Waals surface area contributed by atoms with E-state index in [0.717, 1.165) is 5.56 Å². The van der Waals surface area contributed by atoms with Gasteiger partial charge >= 0.3 is 0 Å². The number of amides is 2. The summed E-state index contributed by atoms with van der Waals surface area (Å²) in [4.78, 5) is 24.7. The van der Waals surface area contributed by atoms with Gasteiger partial charge < -0.3 is 10.6 Å². The van der Waals surface area contributed by atoms with Gasteiger partial charge in [-0.2, -0.15) is 0 Å². The van der Waals surface area contributed by atoms with E-state index in [9.17, 15) is 14.0 Å². The van der Waals surface area contributed by atoms with Crippen molar-refractivity contribution in [3.05, 3.63) is 107 Å². The van der Waals surface area contributed by atoms with Crippen LogP contribution in [0.2, 0.25) is 0 Å². The fraction of sp³-hybridized carbons (Fsp3) is 0.130. The van der Waals surface area contributed by atoms with Crippen LogP contribution < -0.4 is 10.6 Å². The Morgan fingerprint density at radius 3 is 2.11 bits per heavy atom. The summed E-state index contributed by atoms with van der Waals surface area (Å²) in [6.07, 6.45) is 0.398. The van der Waals surface area contributed by atoms with Crippen LogP contribution in [0.25, 0.3) is 0 Å². The first-order chi connectivity index (χ1) is 13.6. The van der Waals surface area contributed by atoms with E-state index in [0.29, 0.717) is 36.2 Å². The van der Waals surface area contributed by atoms with E-state index < -0.39 is 0 Å². The zero-order chi connectivity index (χ0) is 19.8. The molecule has 0 spiro atoms. The first-order valence-corrected chi connectivity index (χ1v) is 9.07. The second kappa shape index (κ2) is 9.46. The maximum atomic E-state index is 13.6. The molecule has 0 aliphatic carbocycles. The average Bonchev–Trinajstić information content (AvgIpc) is 2.74. The fourth-order valence-electron chi connectivity index (χ4n) is 2.80. The monoisotopic (exact) mass is 376 g/mol. The highest BCUT2D eigenvalue weighted by atomic mass is 19.1. The van der Waals surface area contributed by atoms with Crippen molar-refractivity contribution in [2.45, 2.75) is 13.0 Å². The van der Waals surface area contributed by atoms with Gasteiger partial charge in [0.15, 0.2) is 0 Å². The van der Waals surface area contributed by atoms with Gasteiger partial charge in [0.1, 0.15) is 5.82 Å². The number of carbonyl (C=O) groups is 2. The number of hydrogen-bond donors (Lipinski definition) is 2. The zero-order valence-electron chi connectivity index (χ0n) is 15.3. The van der Waals surface area contributed by atoms with Gasteiger partial charge in [-0.1, -0.05) is 54.6 Å². The summed E-state index contributed by atoms with van der Waals surface area (Å²) in [6.45, 7) is 0.725. The van der Waals surface area contributed by atoms with Crippen molar-refractivity contribution in [1.82, 2.24) is 10.6 Å². The van der Waals surface area contributed by atoms with Crippen LogP contribution in [-0.4, -0.2) is 18.4 Å². The molecular formula is C23H21FN2O2. The zero-order valence-corrected chi connectivity index (χ0v) is 15.3. The second-order valence-corrected chi connectivity index (χ2v) is 6.35. The third kappa shape index (κ3) is 5.27. The Balaban J connectivity index is 1.55. The molecule has 0 saturated heterocycles. The predicted molar refractivity (Wildman–Crippen MR) is 106 cm³/mol. The molecule has 0 unspecified atom stereocenters. The normalized spacial score (nSPS) is 10.3. The molecule has 0 fully saturated rings. The number of carbonyl (C=O) groups excluding carboxylic acids is 2. The summed E-state index contributed by atoms with van der Waals surface area (Å²) in [5.41, 5.74) is 2.35. The molecule has 0 radical (unpaired) electrons. The topological polar surface area (TPSA) is 58.2 Å². The van der Waals surface area contributed by atoms with E-state index in [1.54, 1.807) is 42.5 Å². The molecule has 0 aliphatic rings. The molecule has 2 amide bonds. The third-order valence-corrected chi connectivity index (χ3v) is 4.32. The van der Waals surface area contributed by atoms with Crippen LogP contribution in [0, 0.1) is 5.82 Å². The van der Waals surface area contributed by atoms with Crippen LogP contribution in [-0.2, 0) is 13.0 Å². The predicted octanol–water partition coefficient (Wildman–Crippen LogP) is 3.73. The molecule has 0 saturated carbocycles. The van der Waals surface area contributed by atoms with E-state index in [2.05, 4.69) is 10.6 Å². The molecule has 0 aliphatic heterocycles. The standard InChI is InChI=1S/C23H21FN2O2/c24-21-12-5-4-9-18(21)13-14-25-22(27)19-10-6-11-20(15-19)23(28)26-16-17-7-2-1-3-8-17/h1-12,15H,13-14,16H2,(H,25,27)(H,26,28). The lowest BCUT2D eigenvalue weighted by Gasteiger charge is -2.09. The van der Waals surface area contributed by atoms with Crippen LogP contribution in [0.15, 0.2) is 78.9 Å². The van der Waals surface area contributed by atoms with E-state index in [1.807, 2.05) is 30.3 Å². The molecule has 0 atom stereocenters. The van der Waals surface area contributed by atoms with Crippen molar-refractivity contribution in [3.63, 3.8) is 0 Å². The van der Waals surface area contributed by atoms with Gasteiger partial charge in [-0.25, -0.2) is 4.39 Å². The minimum atomic E-state index is -0.297. The molecule has 0 bridgehead atoms. The molecule has 4 nitrogen and oxygen atoms in total. The lowest BCUT2D eigenvalue weighted by molar-refractivity contribution is 0.0950. The maximum absolute atomic E-state index is 13.6. The van der Waals surface area contributed by atoms with Gasteiger partial charge in [0, 0.05) is 24.2 Å². The van der Waals surface area contributed by atoms with Crippen molar-refractivity contribution in [3.8, 4) is 0 Å². The highest BCUT2D eigenvalue weighted by molar-refractivity contribution is 5.99. The summed E-state index contributed by atoms with van der Waals surface area (Å²) in [7, 11) is 0. The summed E-state index contributed by atoms with van der Waals surface area (Å²) in [5.74, 6) is -0.826. The minimum absolute atomic E-state index is 0.246. The van der Waals surface area contributed by atoms with Crippen LogP contribution in [0.5, 0.6) is 0 Å². The molecule has 2 N–H and O–H groups in total. The molecule has 0 heterocycles. The number of hydrogen-bond acceptors (Lipinski definition) is 2. The lowest BCUT2D eigenvalue weighted by Crippen LogP contribution is -2.27. The Bertz CT molecular complexity index is 958. The summed E-state index contributed by atoms with van der Waals surface area (Å²) in [6, 6.07) is 22.6. The third-order valence-electron chi connectivity index (χ3n) is 4.32. The van der Waals surface area contributed by atoms with Gasteiger partial charge in [0.05, 0.1) is 0 Å². The molecular weight excluding hydrogens is 355 g/mol. The smallest absolute Gasteiger partial charge is 0.251 e. The van der Waals surface area contributed by atoms with Crippen molar-refractivity contribution in [1.29, 1.82) is 0 Å². The maximum Gasteiger partial charge on any atom is 0.251 e.